The smallest absolute Gasteiger partial charge is 0.254 e. The fraction of sp³-hybridized carbons (Fsp3) is 0. The van der Waals surface area contributed by atoms with E-state index in [-0.39, 0.29) is 10.6 Å². The van der Waals surface area contributed by atoms with Gasteiger partial charge in [0, 0.05) is 17.1 Å². The first kappa shape index (κ1) is 9.49. The lowest BCUT2D eigenvalue weighted by atomic mass is 10.2. The molecule has 0 aliphatic heterocycles. The Labute approximate surface area is 88.6 Å². The fourth-order valence-electron chi connectivity index (χ4n) is 1.31. The molecule has 72 valence electrons. The first-order valence-corrected chi connectivity index (χ1v) is 4.52. The normalized spacial score (nSPS) is 10.8. The van der Waals surface area contributed by atoms with Crippen molar-refractivity contribution in [2.75, 3.05) is 0 Å². The monoisotopic (exact) mass is 231 g/mol. The number of hydrogen-bond acceptors (Lipinski definition) is 1. The summed E-state index contributed by atoms with van der Waals surface area (Å²) in [7, 11) is 0. The molecule has 1 heterocycles. The van der Waals surface area contributed by atoms with E-state index in [0.717, 1.165) is 0 Å². The number of aromatic nitrogens is 1. The van der Waals surface area contributed by atoms with Gasteiger partial charge < -0.3 is 4.98 Å². The number of halogens is 3. The Hall–Kier alpha value is -1.06. The standard InChI is InChI=1S/C9H4Cl2FNO/c10-8-5(12)1-2-6-7(8)4(3-13-6)9(11)14/h1-3,13H. The molecule has 2 rings (SSSR count). The molecule has 0 aliphatic carbocycles. The number of carbonyl (C=O) groups excluding carboxylic acids is 1. The van der Waals surface area contributed by atoms with Crippen molar-refractivity contribution in [2.45, 2.75) is 0 Å². The van der Waals surface area contributed by atoms with E-state index in [0.29, 0.717) is 10.9 Å². The summed E-state index contributed by atoms with van der Waals surface area (Å²) in [5.74, 6) is -0.571. The first-order chi connectivity index (χ1) is 6.61. The molecule has 0 fully saturated rings. The summed E-state index contributed by atoms with van der Waals surface area (Å²) in [4.78, 5) is 13.7. The van der Waals surface area contributed by atoms with Crippen LogP contribution in [0.3, 0.4) is 0 Å². The van der Waals surface area contributed by atoms with Gasteiger partial charge >= 0.3 is 0 Å². The quantitative estimate of drug-likeness (QED) is 0.751. The summed E-state index contributed by atoms with van der Waals surface area (Å²) < 4.78 is 13.1. The van der Waals surface area contributed by atoms with Crippen molar-refractivity contribution in [3.63, 3.8) is 0 Å². The molecule has 0 bridgehead atoms. The van der Waals surface area contributed by atoms with Crippen LogP contribution in [0, 0.1) is 5.82 Å². The van der Waals surface area contributed by atoms with Gasteiger partial charge in [-0.3, -0.25) is 4.79 Å². The first-order valence-electron chi connectivity index (χ1n) is 3.76. The van der Waals surface area contributed by atoms with E-state index >= 15 is 0 Å². The molecule has 0 aliphatic rings. The summed E-state index contributed by atoms with van der Waals surface area (Å²) >= 11 is 11.0. The molecular weight excluding hydrogens is 228 g/mol. The minimum Gasteiger partial charge on any atom is -0.360 e. The zero-order chi connectivity index (χ0) is 10.3. The van der Waals surface area contributed by atoms with Crippen molar-refractivity contribution in [2.24, 2.45) is 0 Å². The van der Waals surface area contributed by atoms with Gasteiger partial charge in [-0.15, -0.1) is 0 Å². The Morgan fingerprint density at radius 1 is 1.43 bits per heavy atom. The zero-order valence-electron chi connectivity index (χ0n) is 6.77. The number of nitrogens with one attached hydrogen (secondary N) is 1. The van der Waals surface area contributed by atoms with Gasteiger partial charge in [0.05, 0.1) is 10.6 Å². The maximum absolute atomic E-state index is 13.1. The molecule has 5 heteroatoms. The van der Waals surface area contributed by atoms with E-state index in [4.69, 9.17) is 23.2 Å². The molecule has 0 saturated heterocycles. The molecule has 1 aromatic heterocycles. The molecule has 0 atom stereocenters. The van der Waals surface area contributed by atoms with Gasteiger partial charge in [0.15, 0.2) is 0 Å². The fourth-order valence-corrected chi connectivity index (χ4v) is 1.73. The molecule has 14 heavy (non-hydrogen) atoms. The van der Waals surface area contributed by atoms with Gasteiger partial charge in [-0.05, 0) is 23.7 Å². The average Bonchev–Trinajstić information content (AvgIpc) is 2.55. The summed E-state index contributed by atoms with van der Waals surface area (Å²) in [6, 6.07) is 2.73. The van der Waals surface area contributed by atoms with Gasteiger partial charge in [-0.2, -0.15) is 0 Å². The highest BCUT2D eigenvalue weighted by molar-refractivity contribution is 6.69. The molecule has 0 spiro atoms. The second kappa shape index (κ2) is 3.26. The lowest BCUT2D eigenvalue weighted by Gasteiger charge is -1.97. The SMILES string of the molecule is O=C(Cl)c1c[nH]c2ccc(F)c(Cl)c12. The minimum absolute atomic E-state index is 0.0900. The highest BCUT2D eigenvalue weighted by Gasteiger charge is 2.14. The van der Waals surface area contributed by atoms with Crippen LogP contribution in [0.4, 0.5) is 4.39 Å². The Balaban J connectivity index is 2.89. The van der Waals surface area contributed by atoms with Crippen LogP contribution in [0.15, 0.2) is 18.3 Å². The molecule has 2 aromatic rings. The molecule has 0 amide bonds. The van der Waals surface area contributed by atoms with E-state index in [1.165, 1.54) is 18.3 Å². The lowest BCUT2D eigenvalue weighted by molar-refractivity contribution is 0.108. The zero-order valence-corrected chi connectivity index (χ0v) is 8.29. The Kier molecular flexibility index (Phi) is 2.21. The molecule has 1 aromatic carbocycles. The van der Waals surface area contributed by atoms with E-state index in [9.17, 15) is 9.18 Å². The molecule has 1 N–H and O–H groups in total. The third-order valence-corrected chi connectivity index (χ3v) is 2.52. The van der Waals surface area contributed by atoms with E-state index in [2.05, 4.69) is 4.98 Å². The average molecular weight is 232 g/mol. The highest BCUT2D eigenvalue weighted by atomic mass is 35.5. The van der Waals surface area contributed by atoms with E-state index in [1.54, 1.807) is 0 Å². The summed E-state index contributed by atoms with van der Waals surface area (Å²) in [6.45, 7) is 0. The van der Waals surface area contributed by atoms with E-state index < -0.39 is 11.1 Å². The van der Waals surface area contributed by atoms with Crippen LogP contribution in [0.25, 0.3) is 10.9 Å². The number of benzene rings is 1. The van der Waals surface area contributed by atoms with Crippen molar-refractivity contribution in [3.8, 4) is 0 Å². The number of fused-ring (bicyclic) bond motifs is 1. The van der Waals surface area contributed by atoms with Crippen molar-refractivity contribution >= 4 is 39.3 Å². The van der Waals surface area contributed by atoms with Gasteiger partial charge in [0.2, 0.25) is 0 Å². The summed E-state index contributed by atoms with van der Waals surface area (Å²) in [6.07, 6.45) is 1.41. The highest BCUT2D eigenvalue weighted by Crippen LogP contribution is 2.29. The van der Waals surface area contributed by atoms with Crippen molar-refractivity contribution in [3.05, 3.63) is 34.7 Å². The largest absolute Gasteiger partial charge is 0.360 e. The predicted octanol–water partition coefficient (Wildman–Crippen LogP) is 3.34. The number of H-pyrrole nitrogens is 1. The van der Waals surface area contributed by atoms with Crippen LogP contribution in [-0.4, -0.2) is 10.2 Å². The van der Waals surface area contributed by atoms with Crippen LogP contribution in [0.1, 0.15) is 10.4 Å². The maximum atomic E-state index is 13.1. The van der Waals surface area contributed by atoms with Crippen LogP contribution < -0.4 is 0 Å². The number of hydrogen-bond donors (Lipinski definition) is 1. The molecular formula is C9H4Cl2FNO. The van der Waals surface area contributed by atoms with Gasteiger partial charge in [-0.1, -0.05) is 11.6 Å². The molecule has 0 radical (unpaired) electrons. The summed E-state index contributed by atoms with van der Waals surface area (Å²) in [5.41, 5.74) is 0.770. The van der Waals surface area contributed by atoms with Crippen molar-refractivity contribution < 1.29 is 9.18 Å². The van der Waals surface area contributed by atoms with Gasteiger partial charge in [0.25, 0.3) is 5.24 Å². The lowest BCUT2D eigenvalue weighted by Crippen LogP contribution is -1.87. The van der Waals surface area contributed by atoms with Crippen molar-refractivity contribution in [1.29, 1.82) is 0 Å². The predicted molar refractivity (Wildman–Crippen MR) is 53.5 cm³/mol. The Bertz CT molecular complexity index is 521. The Morgan fingerprint density at radius 3 is 2.79 bits per heavy atom. The second-order valence-electron chi connectivity index (χ2n) is 2.76. The van der Waals surface area contributed by atoms with Crippen LogP contribution >= 0.6 is 23.2 Å². The van der Waals surface area contributed by atoms with E-state index in [1.807, 2.05) is 0 Å². The number of rotatable bonds is 1. The molecule has 0 unspecified atom stereocenters. The van der Waals surface area contributed by atoms with Crippen LogP contribution in [0.2, 0.25) is 5.02 Å². The van der Waals surface area contributed by atoms with Crippen LogP contribution in [-0.2, 0) is 0 Å². The third-order valence-electron chi connectivity index (χ3n) is 1.95. The van der Waals surface area contributed by atoms with Crippen LogP contribution in [0.5, 0.6) is 0 Å². The van der Waals surface area contributed by atoms with Gasteiger partial charge in [0.1, 0.15) is 5.82 Å². The second-order valence-corrected chi connectivity index (χ2v) is 3.48. The number of aromatic amines is 1. The third kappa shape index (κ3) is 1.29. The summed E-state index contributed by atoms with van der Waals surface area (Å²) in [5, 5.41) is -0.428. The Morgan fingerprint density at radius 2 is 2.14 bits per heavy atom. The number of carbonyl (C=O) groups is 1. The molecule has 2 nitrogen and oxygen atoms in total. The van der Waals surface area contributed by atoms with Gasteiger partial charge in [-0.25, -0.2) is 4.39 Å². The minimum atomic E-state index is -0.663. The topological polar surface area (TPSA) is 32.9 Å². The van der Waals surface area contributed by atoms with Crippen molar-refractivity contribution in [1.82, 2.24) is 4.98 Å². The maximum Gasteiger partial charge on any atom is 0.254 e. The molecule has 0 saturated carbocycles.